The number of amides is 2. The topological polar surface area (TPSA) is 79.7 Å². The largest absolute Gasteiger partial charge is 0.495 e. The maximum Gasteiger partial charge on any atom is 0.322 e. The molecule has 0 spiro atoms. The van der Waals surface area contributed by atoms with Gasteiger partial charge in [0.2, 0.25) is 0 Å². The quantitative estimate of drug-likeness (QED) is 0.583. The molecule has 1 unspecified atom stereocenters. The van der Waals surface area contributed by atoms with Gasteiger partial charge in [0.1, 0.15) is 11.6 Å². The van der Waals surface area contributed by atoms with Crippen LogP contribution < -0.4 is 15.6 Å². The third kappa shape index (κ3) is 4.91. The molecule has 32 heavy (non-hydrogen) atoms. The number of carbonyl (C=O) groups excluding carboxylic acids is 1. The van der Waals surface area contributed by atoms with Gasteiger partial charge < -0.3 is 19.9 Å². The Morgan fingerprint density at radius 3 is 2.50 bits per heavy atom. The summed E-state index contributed by atoms with van der Waals surface area (Å²) in [4.78, 5) is 35.0. The van der Waals surface area contributed by atoms with Crippen LogP contribution in [0.1, 0.15) is 25.7 Å². The number of likely N-dealkylation sites (N-methyl/N-ethyl adjacent to an activating group) is 1. The van der Waals surface area contributed by atoms with Crippen molar-refractivity contribution in [2.45, 2.75) is 26.4 Å². The fourth-order valence-corrected chi connectivity index (χ4v) is 3.66. The first-order valence-electron chi connectivity index (χ1n) is 10.7. The first-order chi connectivity index (χ1) is 15.4. The van der Waals surface area contributed by atoms with Crippen molar-refractivity contribution in [3.8, 4) is 5.75 Å². The second kappa shape index (κ2) is 10.3. The van der Waals surface area contributed by atoms with Gasteiger partial charge in [-0.15, -0.1) is 0 Å². The molecule has 0 aliphatic heterocycles. The van der Waals surface area contributed by atoms with Crippen LogP contribution in [0.25, 0.3) is 10.9 Å². The number of anilines is 1. The molecule has 2 aromatic carbocycles. The number of ether oxygens (including phenoxy) is 1. The summed E-state index contributed by atoms with van der Waals surface area (Å²) in [6.45, 7) is 5.40. The number of benzene rings is 2. The van der Waals surface area contributed by atoms with E-state index in [1.807, 2.05) is 63.2 Å². The van der Waals surface area contributed by atoms with Crippen LogP contribution in [-0.4, -0.2) is 59.7 Å². The number of nitrogens with one attached hydrogen (secondary N) is 1. The fraction of sp³-hybridized carbons (Fsp3) is 0.375. The zero-order valence-corrected chi connectivity index (χ0v) is 19.3. The Bertz CT molecular complexity index is 1140. The number of hydrogen-bond acceptors (Lipinski definition) is 5. The number of rotatable bonds is 8. The van der Waals surface area contributed by atoms with E-state index in [4.69, 9.17) is 9.72 Å². The zero-order valence-electron chi connectivity index (χ0n) is 19.3. The average Bonchev–Trinajstić information content (AvgIpc) is 2.79. The normalized spacial score (nSPS) is 12.1. The molecule has 0 aliphatic rings. The summed E-state index contributed by atoms with van der Waals surface area (Å²) in [5, 5.41) is 3.53. The maximum atomic E-state index is 13.4. The molecular formula is C24H31N5O3. The molecule has 2 amide bonds. The highest BCUT2D eigenvalue weighted by Gasteiger charge is 2.26. The molecule has 8 heteroatoms. The van der Waals surface area contributed by atoms with Gasteiger partial charge in [0.25, 0.3) is 5.56 Å². The number of nitrogens with zero attached hydrogens (tertiary/aromatic N) is 4. The third-order valence-electron chi connectivity index (χ3n) is 5.45. The molecule has 0 saturated heterocycles. The third-order valence-corrected chi connectivity index (χ3v) is 5.45. The first-order valence-corrected chi connectivity index (χ1v) is 10.7. The minimum atomic E-state index is -0.429. The Labute approximate surface area is 188 Å². The van der Waals surface area contributed by atoms with Gasteiger partial charge in [0, 0.05) is 19.6 Å². The molecule has 170 valence electrons. The Morgan fingerprint density at radius 1 is 1.12 bits per heavy atom. The Morgan fingerprint density at radius 2 is 1.81 bits per heavy atom. The van der Waals surface area contributed by atoms with Crippen molar-refractivity contribution in [3.63, 3.8) is 0 Å². The Hall–Kier alpha value is -3.39. The van der Waals surface area contributed by atoms with Crippen LogP contribution in [0.5, 0.6) is 5.75 Å². The van der Waals surface area contributed by atoms with Gasteiger partial charge in [-0.25, -0.2) is 9.78 Å². The molecule has 0 saturated carbocycles. The predicted octanol–water partition coefficient (Wildman–Crippen LogP) is 3.58. The van der Waals surface area contributed by atoms with Gasteiger partial charge in [-0.05, 0) is 52.2 Å². The van der Waals surface area contributed by atoms with E-state index in [2.05, 4.69) is 5.32 Å². The Balaban J connectivity index is 2.01. The molecule has 3 rings (SSSR count). The van der Waals surface area contributed by atoms with Crippen LogP contribution >= 0.6 is 0 Å². The van der Waals surface area contributed by atoms with Crippen LogP contribution in [-0.2, 0) is 6.54 Å². The summed E-state index contributed by atoms with van der Waals surface area (Å²) in [6.07, 6.45) is 0. The first kappa shape index (κ1) is 23.3. The highest BCUT2D eigenvalue weighted by molar-refractivity contribution is 5.91. The molecule has 0 aliphatic carbocycles. The SMILES string of the molecule is CCn1c(C(C)N(CCN(C)C)C(=O)Nc2ccccc2OC)nc2ccccc2c1=O. The van der Waals surface area contributed by atoms with Gasteiger partial charge in [-0.1, -0.05) is 24.3 Å². The molecule has 1 heterocycles. The molecule has 3 aromatic rings. The summed E-state index contributed by atoms with van der Waals surface area (Å²) in [6, 6.07) is 13.9. The maximum absolute atomic E-state index is 13.4. The van der Waals surface area contributed by atoms with Gasteiger partial charge in [-0.3, -0.25) is 9.36 Å². The van der Waals surface area contributed by atoms with E-state index in [0.29, 0.717) is 47.8 Å². The van der Waals surface area contributed by atoms with Crippen molar-refractivity contribution >= 4 is 22.6 Å². The number of methoxy groups -OCH3 is 1. The lowest BCUT2D eigenvalue weighted by molar-refractivity contribution is 0.180. The number of aromatic nitrogens is 2. The smallest absolute Gasteiger partial charge is 0.322 e. The lowest BCUT2D eigenvalue weighted by Gasteiger charge is -2.31. The van der Waals surface area contributed by atoms with Gasteiger partial charge >= 0.3 is 6.03 Å². The predicted molar refractivity (Wildman–Crippen MR) is 127 cm³/mol. The number of hydrogen-bond donors (Lipinski definition) is 1. The lowest BCUT2D eigenvalue weighted by atomic mass is 10.2. The second-order valence-electron chi connectivity index (χ2n) is 7.84. The Kier molecular flexibility index (Phi) is 7.48. The van der Waals surface area contributed by atoms with E-state index in [0.717, 1.165) is 0 Å². The van der Waals surface area contributed by atoms with Crippen LogP contribution in [0.15, 0.2) is 53.3 Å². The molecule has 0 bridgehead atoms. The highest BCUT2D eigenvalue weighted by atomic mass is 16.5. The summed E-state index contributed by atoms with van der Waals surface area (Å²) in [7, 11) is 5.48. The summed E-state index contributed by atoms with van der Waals surface area (Å²) < 4.78 is 7.02. The van der Waals surface area contributed by atoms with Crippen LogP contribution in [0.2, 0.25) is 0 Å². The second-order valence-corrected chi connectivity index (χ2v) is 7.84. The average molecular weight is 438 g/mol. The van der Waals surface area contributed by atoms with Crippen LogP contribution in [0.4, 0.5) is 10.5 Å². The van der Waals surface area contributed by atoms with E-state index in [-0.39, 0.29) is 11.6 Å². The van der Waals surface area contributed by atoms with Gasteiger partial charge in [0.15, 0.2) is 0 Å². The number of fused-ring (bicyclic) bond motifs is 1. The molecule has 0 fully saturated rings. The molecule has 1 N–H and O–H groups in total. The molecule has 1 atom stereocenters. The lowest BCUT2D eigenvalue weighted by Crippen LogP contribution is -2.43. The zero-order chi connectivity index (χ0) is 23.3. The van der Waals surface area contributed by atoms with E-state index >= 15 is 0 Å². The van der Waals surface area contributed by atoms with E-state index < -0.39 is 6.04 Å². The van der Waals surface area contributed by atoms with E-state index in [1.165, 1.54) is 0 Å². The monoisotopic (exact) mass is 437 g/mol. The minimum absolute atomic E-state index is 0.0994. The number of carbonyl (C=O) groups is 1. The van der Waals surface area contributed by atoms with Crippen molar-refractivity contribution < 1.29 is 9.53 Å². The molecule has 8 nitrogen and oxygen atoms in total. The van der Waals surface area contributed by atoms with Crippen LogP contribution in [0.3, 0.4) is 0 Å². The van der Waals surface area contributed by atoms with Crippen molar-refractivity contribution in [2.24, 2.45) is 0 Å². The summed E-state index contributed by atoms with van der Waals surface area (Å²) >= 11 is 0. The van der Waals surface area contributed by atoms with Gasteiger partial charge in [0.05, 0.1) is 29.7 Å². The summed E-state index contributed by atoms with van der Waals surface area (Å²) in [5.41, 5.74) is 1.11. The van der Waals surface area contributed by atoms with E-state index in [1.54, 1.807) is 34.8 Å². The minimum Gasteiger partial charge on any atom is -0.495 e. The molecule has 0 radical (unpaired) electrons. The number of urea groups is 1. The van der Waals surface area contributed by atoms with Crippen LogP contribution in [0, 0.1) is 0 Å². The summed E-state index contributed by atoms with van der Waals surface area (Å²) in [5.74, 6) is 1.14. The van der Waals surface area contributed by atoms with Crippen molar-refractivity contribution in [1.82, 2.24) is 19.4 Å². The van der Waals surface area contributed by atoms with Crippen molar-refractivity contribution in [2.75, 3.05) is 39.6 Å². The number of para-hydroxylation sites is 3. The van der Waals surface area contributed by atoms with Crippen molar-refractivity contribution in [1.29, 1.82) is 0 Å². The standard InChI is InChI=1S/C24H31N5O3/c1-6-28-22(25-19-12-8-7-11-18(19)23(28)30)17(2)29(16-15-27(3)4)24(31)26-20-13-9-10-14-21(20)32-5/h7-14,17H,6,15-16H2,1-5H3,(H,26,31). The van der Waals surface area contributed by atoms with Crippen molar-refractivity contribution in [3.05, 3.63) is 64.7 Å². The highest BCUT2D eigenvalue weighted by Crippen LogP contribution is 2.26. The van der Waals surface area contributed by atoms with E-state index in [9.17, 15) is 9.59 Å². The fourth-order valence-electron chi connectivity index (χ4n) is 3.66. The molecular weight excluding hydrogens is 406 g/mol. The van der Waals surface area contributed by atoms with Gasteiger partial charge in [-0.2, -0.15) is 0 Å². The molecule has 1 aromatic heterocycles.